The number of aryl methyl sites for hydroxylation is 1. The molecule has 1 aromatic rings. The van der Waals surface area contributed by atoms with E-state index in [2.05, 4.69) is 4.98 Å². The van der Waals surface area contributed by atoms with E-state index in [0.717, 1.165) is 12.3 Å². The molecule has 1 saturated carbocycles. The molecule has 1 N–H and O–H groups in total. The molecule has 1 heterocycles. The quantitative estimate of drug-likeness (QED) is 0.867. The lowest BCUT2D eigenvalue weighted by molar-refractivity contribution is -0.138. The summed E-state index contributed by atoms with van der Waals surface area (Å²) in [5.41, 5.74) is -1.21. The van der Waals surface area contributed by atoms with Crippen LogP contribution in [0, 0.1) is 0 Å². The number of hydrogen-bond donors (Lipinski definition) is 1. The van der Waals surface area contributed by atoms with Crippen molar-refractivity contribution in [3.8, 4) is 0 Å². The van der Waals surface area contributed by atoms with Crippen LogP contribution in [0.5, 0.6) is 0 Å². The lowest BCUT2D eigenvalue weighted by Crippen LogP contribution is -2.13. The van der Waals surface area contributed by atoms with Crippen molar-refractivity contribution in [3.05, 3.63) is 29.6 Å². The Hall–Kier alpha value is -1.10. The van der Waals surface area contributed by atoms with Gasteiger partial charge in [0.15, 0.2) is 0 Å². The minimum absolute atomic E-state index is 0.162. The fourth-order valence-corrected chi connectivity index (χ4v) is 1.66. The predicted octanol–water partition coefficient (Wildman–Crippen LogP) is 2.56. The fourth-order valence-electron chi connectivity index (χ4n) is 1.66. The van der Waals surface area contributed by atoms with E-state index in [1.807, 2.05) is 0 Å². The number of rotatable bonds is 3. The highest BCUT2D eigenvalue weighted by Crippen LogP contribution is 2.40. The van der Waals surface area contributed by atoms with Crippen molar-refractivity contribution in [3.63, 3.8) is 0 Å². The highest BCUT2D eigenvalue weighted by atomic mass is 19.4. The van der Waals surface area contributed by atoms with Gasteiger partial charge in [0.25, 0.3) is 0 Å². The van der Waals surface area contributed by atoms with Gasteiger partial charge < -0.3 is 5.11 Å². The van der Waals surface area contributed by atoms with Gasteiger partial charge in [-0.05, 0) is 37.3 Å². The van der Waals surface area contributed by atoms with Crippen LogP contribution in [-0.2, 0) is 12.6 Å². The monoisotopic (exact) mass is 231 g/mol. The molecule has 88 valence electrons. The Bertz CT molecular complexity index is 385. The SMILES string of the molecule is OC1(CCc2cnccc2C(F)(F)F)CC1. The molecule has 0 atom stereocenters. The molecule has 0 amide bonds. The van der Waals surface area contributed by atoms with E-state index in [-0.39, 0.29) is 12.0 Å². The summed E-state index contributed by atoms with van der Waals surface area (Å²) in [6, 6.07) is 0.978. The van der Waals surface area contributed by atoms with Gasteiger partial charge in [-0.25, -0.2) is 0 Å². The zero-order valence-corrected chi connectivity index (χ0v) is 8.59. The molecule has 1 aliphatic rings. The van der Waals surface area contributed by atoms with E-state index in [9.17, 15) is 18.3 Å². The number of pyridine rings is 1. The summed E-state index contributed by atoms with van der Waals surface area (Å²) in [6.45, 7) is 0. The maximum Gasteiger partial charge on any atom is 0.416 e. The summed E-state index contributed by atoms with van der Waals surface area (Å²) in [4.78, 5) is 3.70. The van der Waals surface area contributed by atoms with E-state index in [1.165, 1.54) is 6.20 Å². The molecule has 2 nitrogen and oxygen atoms in total. The Labute approximate surface area is 91.1 Å². The van der Waals surface area contributed by atoms with Crippen molar-refractivity contribution in [2.24, 2.45) is 0 Å². The third kappa shape index (κ3) is 2.52. The van der Waals surface area contributed by atoms with Crippen LogP contribution in [0.4, 0.5) is 13.2 Å². The summed E-state index contributed by atoms with van der Waals surface area (Å²) in [5.74, 6) is 0. The van der Waals surface area contributed by atoms with Gasteiger partial charge in [-0.1, -0.05) is 0 Å². The zero-order valence-electron chi connectivity index (χ0n) is 8.59. The van der Waals surface area contributed by atoms with Crippen molar-refractivity contribution in [1.29, 1.82) is 0 Å². The van der Waals surface area contributed by atoms with E-state index in [1.54, 1.807) is 0 Å². The second kappa shape index (κ2) is 3.73. The lowest BCUT2D eigenvalue weighted by atomic mass is 10.0. The Morgan fingerprint density at radius 2 is 2.06 bits per heavy atom. The topological polar surface area (TPSA) is 33.1 Å². The maximum absolute atomic E-state index is 12.6. The largest absolute Gasteiger partial charge is 0.416 e. The van der Waals surface area contributed by atoms with Gasteiger partial charge in [0.1, 0.15) is 0 Å². The summed E-state index contributed by atoms with van der Waals surface area (Å²) >= 11 is 0. The number of nitrogens with zero attached hydrogens (tertiary/aromatic N) is 1. The summed E-state index contributed by atoms with van der Waals surface area (Å²) in [5, 5.41) is 9.58. The maximum atomic E-state index is 12.6. The van der Waals surface area contributed by atoms with Crippen LogP contribution in [0.3, 0.4) is 0 Å². The number of aliphatic hydroxyl groups is 1. The first kappa shape index (κ1) is 11.4. The third-order valence-electron chi connectivity index (χ3n) is 2.90. The lowest BCUT2D eigenvalue weighted by Gasteiger charge is -2.13. The minimum atomic E-state index is -4.34. The number of aromatic nitrogens is 1. The van der Waals surface area contributed by atoms with Gasteiger partial charge in [0.05, 0.1) is 11.2 Å². The molecule has 0 spiro atoms. The smallest absolute Gasteiger partial charge is 0.390 e. The zero-order chi connectivity index (χ0) is 11.8. The Balaban J connectivity index is 2.13. The average Bonchev–Trinajstić information content (AvgIpc) is 2.94. The fraction of sp³-hybridized carbons (Fsp3) is 0.545. The normalized spacial score (nSPS) is 18.5. The molecule has 5 heteroatoms. The predicted molar refractivity (Wildman–Crippen MR) is 51.7 cm³/mol. The van der Waals surface area contributed by atoms with Crippen LogP contribution < -0.4 is 0 Å². The van der Waals surface area contributed by atoms with Crippen molar-refractivity contribution >= 4 is 0 Å². The molecule has 1 aromatic heterocycles. The Morgan fingerprint density at radius 1 is 1.38 bits per heavy atom. The number of hydrogen-bond acceptors (Lipinski definition) is 2. The van der Waals surface area contributed by atoms with Gasteiger partial charge in [-0.2, -0.15) is 13.2 Å². The van der Waals surface area contributed by atoms with Crippen molar-refractivity contribution < 1.29 is 18.3 Å². The van der Waals surface area contributed by atoms with E-state index >= 15 is 0 Å². The number of alkyl halides is 3. The molecule has 0 aliphatic heterocycles. The van der Waals surface area contributed by atoms with Crippen LogP contribution >= 0.6 is 0 Å². The second-order valence-electron chi connectivity index (χ2n) is 4.25. The molecule has 0 saturated heterocycles. The van der Waals surface area contributed by atoms with E-state index in [4.69, 9.17) is 0 Å². The minimum Gasteiger partial charge on any atom is -0.390 e. The van der Waals surface area contributed by atoms with Crippen LogP contribution in [0.15, 0.2) is 18.5 Å². The summed E-state index contributed by atoms with van der Waals surface area (Å²) in [6.07, 6.45) is 0.00134. The van der Waals surface area contributed by atoms with E-state index < -0.39 is 17.3 Å². The first-order valence-corrected chi connectivity index (χ1v) is 5.13. The van der Waals surface area contributed by atoms with Crippen LogP contribution in [0.2, 0.25) is 0 Å². The van der Waals surface area contributed by atoms with E-state index in [0.29, 0.717) is 19.3 Å². The standard InChI is InChI=1S/C11H12F3NO/c12-11(13,14)9-2-6-15-7-8(9)1-3-10(16)4-5-10/h2,6-7,16H,1,3-5H2. The second-order valence-corrected chi connectivity index (χ2v) is 4.25. The molecule has 2 rings (SSSR count). The molecular formula is C11H12F3NO. The molecule has 16 heavy (non-hydrogen) atoms. The molecular weight excluding hydrogens is 219 g/mol. The van der Waals surface area contributed by atoms with Gasteiger partial charge in [-0.3, -0.25) is 4.98 Å². The van der Waals surface area contributed by atoms with Gasteiger partial charge in [0, 0.05) is 12.4 Å². The summed E-state index contributed by atoms with van der Waals surface area (Å²) in [7, 11) is 0. The van der Waals surface area contributed by atoms with Gasteiger partial charge in [-0.15, -0.1) is 0 Å². The number of halogens is 3. The molecule has 1 aliphatic carbocycles. The third-order valence-corrected chi connectivity index (χ3v) is 2.90. The molecule has 0 radical (unpaired) electrons. The highest BCUT2D eigenvalue weighted by molar-refractivity contribution is 5.26. The van der Waals surface area contributed by atoms with Gasteiger partial charge in [0.2, 0.25) is 0 Å². The van der Waals surface area contributed by atoms with Gasteiger partial charge >= 0.3 is 6.18 Å². The summed E-state index contributed by atoms with van der Waals surface area (Å²) < 4.78 is 37.8. The molecule has 0 aromatic carbocycles. The molecule has 0 bridgehead atoms. The molecule has 0 unspecified atom stereocenters. The molecule has 1 fully saturated rings. The van der Waals surface area contributed by atoms with Crippen LogP contribution in [-0.4, -0.2) is 15.7 Å². The van der Waals surface area contributed by atoms with Crippen molar-refractivity contribution in [2.75, 3.05) is 0 Å². The van der Waals surface area contributed by atoms with Crippen LogP contribution in [0.1, 0.15) is 30.4 Å². The Kier molecular flexibility index (Phi) is 2.66. The van der Waals surface area contributed by atoms with Crippen molar-refractivity contribution in [2.45, 2.75) is 37.5 Å². The average molecular weight is 231 g/mol. The first-order chi connectivity index (χ1) is 7.41. The highest BCUT2D eigenvalue weighted by Gasteiger charge is 2.40. The first-order valence-electron chi connectivity index (χ1n) is 5.13. The van der Waals surface area contributed by atoms with Crippen molar-refractivity contribution in [1.82, 2.24) is 4.98 Å². The Morgan fingerprint density at radius 3 is 2.62 bits per heavy atom. The van der Waals surface area contributed by atoms with Crippen LogP contribution in [0.25, 0.3) is 0 Å².